The molecule has 0 aliphatic carbocycles. The van der Waals surface area contributed by atoms with Crippen LogP contribution in [0.5, 0.6) is 0 Å². The molecule has 0 saturated carbocycles. The number of allylic oxidation sites excluding steroid dienone is 14. The molecule has 0 saturated heterocycles. The van der Waals surface area contributed by atoms with Gasteiger partial charge in [-0.1, -0.05) is 266 Å². The van der Waals surface area contributed by atoms with Crippen LogP contribution in [0.25, 0.3) is 0 Å². The van der Waals surface area contributed by atoms with Gasteiger partial charge in [-0.15, -0.1) is 0 Å². The zero-order valence-electron chi connectivity index (χ0n) is 49.6. The Morgan fingerprint density at radius 1 is 0.280 bits per heavy atom. The van der Waals surface area contributed by atoms with Crippen molar-refractivity contribution in [3.8, 4) is 0 Å². The first-order valence-corrected chi connectivity index (χ1v) is 32.1. The van der Waals surface area contributed by atoms with E-state index < -0.39 is 6.10 Å². The van der Waals surface area contributed by atoms with Gasteiger partial charge in [-0.3, -0.25) is 14.4 Å². The number of hydrogen-bond donors (Lipinski definition) is 0. The maximum atomic E-state index is 12.9. The third kappa shape index (κ3) is 61.3. The second kappa shape index (κ2) is 63.1. The minimum absolute atomic E-state index is 0.0842. The Labute approximate surface area is 465 Å². The number of ether oxygens (including phenoxy) is 3. The van der Waals surface area contributed by atoms with Crippen LogP contribution in [0.3, 0.4) is 0 Å². The number of unbranched alkanes of at least 4 members (excludes halogenated alkanes) is 33. The molecule has 432 valence electrons. The number of esters is 3. The zero-order chi connectivity index (χ0) is 54.3. The summed E-state index contributed by atoms with van der Waals surface area (Å²) >= 11 is 0. The van der Waals surface area contributed by atoms with Crippen molar-refractivity contribution >= 4 is 17.9 Å². The van der Waals surface area contributed by atoms with Crippen LogP contribution in [0.2, 0.25) is 0 Å². The Kier molecular flexibility index (Phi) is 60.3. The molecule has 0 spiro atoms. The second-order valence-electron chi connectivity index (χ2n) is 21.3. The molecule has 6 heteroatoms. The molecule has 0 aromatic heterocycles. The first-order chi connectivity index (χ1) is 37.0. The summed E-state index contributed by atoms with van der Waals surface area (Å²) in [5.41, 5.74) is 0. The van der Waals surface area contributed by atoms with Crippen LogP contribution in [-0.2, 0) is 28.6 Å². The molecule has 0 N–H and O–H groups in total. The highest BCUT2D eigenvalue weighted by atomic mass is 16.6. The molecule has 6 nitrogen and oxygen atoms in total. The van der Waals surface area contributed by atoms with E-state index >= 15 is 0 Å². The van der Waals surface area contributed by atoms with Gasteiger partial charge in [-0.05, 0) is 116 Å². The van der Waals surface area contributed by atoms with Crippen LogP contribution in [0, 0.1) is 0 Å². The highest BCUT2D eigenvalue weighted by Crippen LogP contribution is 2.16. The molecule has 0 bridgehead atoms. The van der Waals surface area contributed by atoms with Crippen LogP contribution in [-0.4, -0.2) is 37.2 Å². The van der Waals surface area contributed by atoms with Crippen LogP contribution < -0.4 is 0 Å². The van der Waals surface area contributed by atoms with Crippen molar-refractivity contribution in [1.29, 1.82) is 0 Å². The van der Waals surface area contributed by atoms with Gasteiger partial charge >= 0.3 is 17.9 Å². The molecule has 0 heterocycles. The van der Waals surface area contributed by atoms with Crippen molar-refractivity contribution in [2.75, 3.05) is 13.2 Å². The number of carbonyl (C=O) groups excluding carboxylic acids is 3. The quantitative estimate of drug-likeness (QED) is 0.0261. The van der Waals surface area contributed by atoms with Crippen molar-refractivity contribution in [3.05, 3.63) is 85.1 Å². The molecule has 75 heavy (non-hydrogen) atoms. The minimum atomic E-state index is -0.789. The molecule has 0 rings (SSSR count). The molecular formula is C69H120O6. The highest BCUT2D eigenvalue weighted by molar-refractivity contribution is 5.71. The Hall–Kier alpha value is -3.41. The van der Waals surface area contributed by atoms with Gasteiger partial charge in [0.05, 0.1) is 0 Å². The number of carbonyl (C=O) groups is 3. The lowest BCUT2D eigenvalue weighted by atomic mass is 10.0. The average Bonchev–Trinajstić information content (AvgIpc) is 3.41. The average molecular weight is 1050 g/mol. The van der Waals surface area contributed by atoms with Gasteiger partial charge in [0.1, 0.15) is 13.2 Å². The molecule has 0 radical (unpaired) electrons. The Morgan fingerprint density at radius 3 is 0.840 bits per heavy atom. The van der Waals surface area contributed by atoms with Crippen LogP contribution in [0.15, 0.2) is 85.1 Å². The summed E-state index contributed by atoms with van der Waals surface area (Å²) in [5.74, 6) is -0.897. The molecule has 0 aliphatic rings. The lowest BCUT2D eigenvalue weighted by Crippen LogP contribution is -2.30. The molecule has 0 aliphatic heterocycles. The van der Waals surface area contributed by atoms with Crippen molar-refractivity contribution in [2.45, 2.75) is 322 Å². The van der Waals surface area contributed by atoms with E-state index in [4.69, 9.17) is 14.2 Å². The zero-order valence-corrected chi connectivity index (χ0v) is 49.6. The Bertz CT molecular complexity index is 1430. The first-order valence-electron chi connectivity index (χ1n) is 32.1. The van der Waals surface area contributed by atoms with Gasteiger partial charge in [0.15, 0.2) is 6.10 Å². The van der Waals surface area contributed by atoms with Crippen molar-refractivity contribution in [3.63, 3.8) is 0 Å². The molecule has 0 amide bonds. The third-order valence-electron chi connectivity index (χ3n) is 13.9. The molecule has 1 unspecified atom stereocenters. The van der Waals surface area contributed by atoms with E-state index in [-0.39, 0.29) is 31.1 Å². The highest BCUT2D eigenvalue weighted by Gasteiger charge is 2.19. The largest absolute Gasteiger partial charge is 0.462 e. The third-order valence-corrected chi connectivity index (χ3v) is 13.9. The fourth-order valence-electron chi connectivity index (χ4n) is 9.05. The summed E-state index contributed by atoms with van der Waals surface area (Å²) in [5, 5.41) is 0. The summed E-state index contributed by atoms with van der Waals surface area (Å²) in [6.07, 6.45) is 83.0. The number of hydrogen-bond acceptors (Lipinski definition) is 6. The molecule has 0 aromatic carbocycles. The van der Waals surface area contributed by atoms with Crippen molar-refractivity contribution in [2.24, 2.45) is 0 Å². The molecule has 1 atom stereocenters. The maximum absolute atomic E-state index is 12.9. The van der Waals surface area contributed by atoms with Crippen LogP contribution in [0.4, 0.5) is 0 Å². The van der Waals surface area contributed by atoms with E-state index in [0.717, 1.165) is 109 Å². The Morgan fingerprint density at radius 2 is 0.520 bits per heavy atom. The monoisotopic (exact) mass is 1040 g/mol. The number of rotatable bonds is 58. The van der Waals surface area contributed by atoms with Gasteiger partial charge < -0.3 is 14.2 Å². The van der Waals surface area contributed by atoms with Gasteiger partial charge in [0, 0.05) is 19.3 Å². The Balaban J connectivity index is 4.32. The molecular weight excluding hydrogens is 925 g/mol. The fraction of sp³-hybridized carbons (Fsp3) is 0.754. The predicted molar refractivity (Wildman–Crippen MR) is 325 cm³/mol. The van der Waals surface area contributed by atoms with Gasteiger partial charge in [-0.2, -0.15) is 0 Å². The molecule has 0 fully saturated rings. The summed E-state index contributed by atoms with van der Waals surface area (Å²) < 4.78 is 16.9. The van der Waals surface area contributed by atoms with Gasteiger partial charge in [0.25, 0.3) is 0 Å². The van der Waals surface area contributed by atoms with Crippen LogP contribution >= 0.6 is 0 Å². The minimum Gasteiger partial charge on any atom is -0.462 e. The topological polar surface area (TPSA) is 78.9 Å². The summed E-state index contributed by atoms with van der Waals surface area (Å²) in [6.45, 7) is 6.51. The summed E-state index contributed by atoms with van der Waals surface area (Å²) in [6, 6.07) is 0. The summed E-state index contributed by atoms with van der Waals surface area (Å²) in [4.78, 5) is 38.3. The summed E-state index contributed by atoms with van der Waals surface area (Å²) in [7, 11) is 0. The van der Waals surface area contributed by atoms with Gasteiger partial charge in [0.2, 0.25) is 0 Å². The molecule has 0 aromatic rings. The standard InChI is InChI=1S/C69H120O6/c1-4-7-10-13-16-19-22-25-27-29-31-32-33-34-35-36-38-39-41-44-47-50-53-56-59-62-68(71)74-65-66(64-73-67(70)61-58-55-52-49-46-43-24-21-18-15-12-9-6-3)75-69(72)63-60-57-54-51-48-45-42-40-37-30-28-26-23-20-17-14-11-8-5-2/h8,11,17,20-22,24-26,28-29,31,37,40,66H,4-7,9-10,12-16,18-19,23,27,30,32-36,38-39,41-65H2,1-3H3/b11-8-,20-17-,24-21-,25-22-,28-26-,31-29-,40-37-. The van der Waals surface area contributed by atoms with E-state index in [1.54, 1.807) is 0 Å². The van der Waals surface area contributed by atoms with Crippen molar-refractivity contribution in [1.82, 2.24) is 0 Å². The predicted octanol–water partition coefficient (Wildman–Crippen LogP) is 21.9. The lowest BCUT2D eigenvalue weighted by Gasteiger charge is -2.18. The van der Waals surface area contributed by atoms with E-state index in [2.05, 4.69) is 106 Å². The van der Waals surface area contributed by atoms with Gasteiger partial charge in [-0.25, -0.2) is 0 Å². The van der Waals surface area contributed by atoms with E-state index in [9.17, 15) is 14.4 Å². The maximum Gasteiger partial charge on any atom is 0.306 e. The van der Waals surface area contributed by atoms with E-state index in [1.807, 2.05) is 0 Å². The SMILES string of the molecule is CC/C=C\C/C=C\C/C=C\C/C=C\CCCCCCCCC(=O)OC(COC(=O)CCCCCCC/C=C\CCCCCC)COC(=O)CCCCCCCCCCCCCCC/C=C\C/C=C\CCCCCCC. The first kappa shape index (κ1) is 71.6. The lowest BCUT2D eigenvalue weighted by molar-refractivity contribution is -0.167. The van der Waals surface area contributed by atoms with E-state index in [1.165, 1.54) is 167 Å². The fourth-order valence-corrected chi connectivity index (χ4v) is 9.05. The van der Waals surface area contributed by atoms with E-state index in [0.29, 0.717) is 19.3 Å². The van der Waals surface area contributed by atoms with Crippen molar-refractivity contribution < 1.29 is 28.6 Å². The smallest absolute Gasteiger partial charge is 0.306 e. The van der Waals surface area contributed by atoms with Crippen LogP contribution in [0.1, 0.15) is 316 Å². The normalized spacial score (nSPS) is 12.6. The second-order valence-corrected chi connectivity index (χ2v) is 21.3.